The molecule has 27 heavy (non-hydrogen) atoms. The van der Waals surface area contributed by atoms with Gasteiger partial charge in [0.25, 0.3) is 11.6 Å². The van der Waals surface area contributed by atoms with Crippen LogP contribution in [-0.4, -0.2) is 34.9 Å². The number of benzene rings is 2. The molecule has 0 spiro atoms. The number of nitro benzene ring substituents is 1. The van der Waals surface area contributed by atoms with Crippen LogP contribution in [-0.2, 0) is 6.54 Å². The number of hydrogen-bond donors (Lipinski definition) is 1. The van der Waals surface area contributed by atoms with Crippen molar-refractivity contribution in [1.29, 1.82) is 0 Å². The maximum absolute atomic E-state index is 12.4. The quantitative estimate of drug-likeness (QED) is 0.592. The van der Waals surface area contributed by atoms with Crippen molar-refractivity contribution < 1.29 is 9.72 Å². The third kappa shape index (κ3) is 4.97. The lowest BCUT2D eigenvalue weighted by atomic mass is 10.0. The van der Waals surface area contributed by atoms with Crippen molar-refractivity contribution in [2.24, 2.45) is 0 Å². The average molecular weight is 408 g/mol. The van der Waals surface area contributed by atoms with E-state index in [1.165, 1.54) is 18.2 Å². The lowest BCUT2D eigenvalue weighted by Gasteiger charge is -2.32. The molecule has 1 heterocycles. The fourth-order valence-corrected chi connectivity index (χ4v) is 3.69. The minimum Gasteiger partial charge on any atom is -0.349 e. The largest absolute Gasteiger partial charge is 0.349 e. The van der Waals surface area contributed by atoms with E-state index in [9.17, 15) is 14.9 Å². The van der Waals surface area contributed by atoms with E-state index < -0.39 is 4.92 Å². The molecule has 0 unspecified atom stereocenters. The summed E-state index contributed by atoms with van der Waals surface area (Å²) in [5, 5.41) is 15.1. The van der Waals surface area contributed by atoms with Gasteiger partial charge in [0, 0.05) is 59.0 Å². The fourth-order valence-electron chi connectivity index (χ4n) is 3.17. The first-order valence-electron chi connectivity index (χ1n) is 8.64. The minimum atomic E-state index is -0.505. The van der Waals surface area contributed by atoms with Crippen molar-refractivity contribution in [3.63, 3.8) is 0 Å². The van der Waals surface area contributed by atoms with Crippen molar-refractivity contribution in [1.82, 2.24) is 10.2 Å². The zero-order chi connectivity index (χ0) is 19.4. The molecular weight excluding hydrogens is 389 g/mol. The highest BCUT2D eigenvalue weighted by molar-refractivity contribution is 6.35. The predicted octanol–water partition coefficient (Wildman–Crippen LogP) is 4.30. The van der Waals surface area contributed by atoms with Gasteiger partial charge in [0.15, 0.2) is 0 Å². The number of non-ortho nitro benzene ring substituents is 1. The Morgan fingerprint density at radius 1 is 1.15 bits per heavy atom. The molecule has 1 aliphatic rings. The van der Waals surface area contributed by atoms with Crippen molar-refractivity contribution in [3.05, 3.63) is 73.8 Å². The summed E-state index contributed by atoms with van der Waals surface area (Å²) in [4.78, 5) is 25.0. The summed E-state index contributed by atoms with van der Waals surface area (Å²) in [6, 6.07) is 11.3. The molecule has 2 aromatic rings. The molecule has 3 rings (SSSR count). The Labute approximate surface area is 167 Å². The summed E-state index contributed by atoms with van der Waals surface area (Å²) in [5.74, 6) is -0.286. The molecule has 0 aromatic heterocycles. The SMILES string of the molecule is O=C(NC1CCN(Cc2c(Cl)cccc2Cl)CC1)c1cccc([N+](=O)[O-])c1. The number of nitro groups is 1. The van der Waals surface area contributed by atoms with Gasteiger partial charge in [-0.1, -0.05) is 35.3 Å². The average Bonchev–Trinajstić information content (AvgIpc) is 2.66. The van der Waals surface area contributed by atoms with Crippen LogP contribution in [0.5, 0.6) is 0 Å². The maximum atomic E-state index is 12.4. The Morgan fingerprint density at radius 3 is 2.41 bits per heavy atom. The molecule has 0 atom stereocenters. The van der Waals surface area contributed by atoms with Crippen LogP contribution < -0.4 is 5.32 Å². The first-order chi connectivity index (χ1) is 12.9. The molecule has 0 saturated carbocycles. The molecule has 1 amide bonds. The number of hydrogen-bond acceptors (Lipinski definition) is 4. The van der Waals surface area contributed by atoms with Gasteiger partial charge in [-0.05, 0) is 31.0 Å². The molecule has 1 N–H and O–H groups in total. The number of piperidine rings is 1. The summed E-state index contributed by atoms with van der Waals surface area (Å²) >= 11 is 12.5. The summed E-state index contributed by atoms with van der Waals surface area (Å²) in [7, 11) is 0. The number of amides is 1. The van der Waals surface area contributed by atoms with Crippen molar-refractivity contribution >= 4 is 34.8 Å². The highest BCUT2D eigenvalue weighted by Gasteiger charge is 2.23. The van der Waals surface area contributed by atoms with E-state index in [2.05, 4.69) is 10.2 Å². The van der Waals surface area contributed by atoms with Gasteiger partial charge in [0.05, 0.1) is 4.92 Å². The van der Waals surface area contributed by atoms with Crippen molar-refractivity contribution in [3.8, 4) is 0 Å². The molecule has 0 bridgehead atoms. The molecular formula is C19H19Cl2N3O3. The van der Waals surface area contributed by atoms with E-state index >= 15 is 0 Å². The second-order valence-corrected chi connectivity index (χ2v) is 7.35. The Bertz CT molecular complexity index is 832. The van der Waals surface area contributed by atoms with Gasteiger partial charge in [-0.25, -0.2) is 0 Å². The second kappa shape index (κ2) is 8.69. The van der Waals surface area contributed by atoms with Crippen LogP contribution in [0.4, 0.5) is 5.69 Å². The highest BCUT2D eigenvalue weighted by atomic mass is 35.5. The smallest absolute Gasteiger partial charge is 0.270 e. The lowest BCUT2D eigenvalue weighted by molar-refractivity contribution is -0.384. The van der Waals surface area contributed by atoms with Crippen LogP contribution in [0, 0.1) is 10.1 Å². The Kier molecular flexibility index (Phi) is 6.31. The van der Waals surface area contributed by atoms with Crippen LogP contribution in [0.2, 0.25) is 10.0 Å². The van der Waals surface area contributed by atoms with Gasteiger partial charge in [-0.15, -0.1) is 0 Å². The Morgan fingerprint density at radius 2 is 1.78 bits per heavy atom. The summed E-state index contributed by atoms with van der Waals surface area (Å²) in [6.45, 7) is 2.28. The predicted molar refractivity (Wildman–Crippen MR) is 105 cm³/mol. The van der Waals surface area contributed by atoms with Crippen LogP contribution >= 0.6 is 23.2 Å². The van der Waals surface area contributed by atoms with Crippen molar-refractivity contribution in [2.75, 3.05) is 13.1 Å². The number of halogens is 2. The van der Waals surface area contributed by atoms with Gasteiger partial charge in [0.2, 0.25) is 0 Å². The normalized spacial score (nSPS) is 15.5. The minimum absolute atomic E-state index is 0.0368. The summed E-state index contributed by atoms with van der Waals surface area (Å²) in [5.41, 5.74) is 1.13. The number of nitrogens with zero attached hydrogens (tertiary/aromatic N) is 2. The third-order valence-corrected chi connectivity index (χ3v) is 5.39. The fraction of sp³-hybridized carbons (Fsp3) is 0.316. The molecule has 6 nitrogen and oxygen atoms in total. The molecule has 1 fully saturated rings. The molecule has 0 radical (unpaired) electrons. The van der Waals surface area contributed by atoms with E-state index in [0.717, 1.165) is 31.5 Å². The van der Waals surface area contributed by atoms with E-state index in [0.29, 0.717) is 22.2 Å². The standard InChI is InChI=1S/C19H19Cl2N3O3/c20-17-5-2-6-18(21)16(17)12-23-9-7-14(8-10-23)22-19(25)13-3-1-4-15(11-13)24(26)27/h1-6,11,14H,7-10,12H2,(H,22,25). The second-order valence-electron chi connectivity index (χ2n) is 6.53. The number of rotatable bonds is 5. The van der Waals surface area contributed by atoms with Gasteiger partial charge < -0.3 is 5.32 Å². The number of carbonyl (C=O) groups excluding carboxylic acids is 1. The van der Waals surface area contributed by atoms with Crippen LogP contribution in [0.1, 0.15) is 28.8 Å². The molecule has 8 heteroatoms. The Balaban J connectivity index is 1.54. The maximum Gasteiger partial charge on any atom is 0.270 e. The molecule has 1 aliphatic heterocycles. The third-order valence-electron chi connectivity index (χ3n) is 4.69. The zero-order valence-electron chi connectivity index (χ0n) is 14.5. The topological polar surface area (TPSA) is 75.5 Å². The first-order valence-corrected chi connectivity index (χ1v) is 9.40. The van der Waals surface area contributed by atoms with E-state index in [1.54, 1.807) is 6.07 Å². The van der Waals surface area contributed by atoms with Gasteiger partial charge >= 0.3 is 0 Å². The first kappa shape index (κ1) is 19.6. The monoisotopic (exact) mass is 407 g/mol. The van der Waals surface area contributed by atoms with E-state index in [1.807, 2.05) is 18.2 Å². The molecule has 1 saturated heterocycles. The van der Waals surface area contributed by atoms with Gasteiger partial charge in [-0.2, -0.15) is 0 Å². The number of likely N-dealkylation sites (tertiary alicyclic amines) is 1. The van der Waals surface area contributed by atoms with Crippen LogP contribution in [0.3, 0.4) is 0 Å². The summed E-state index contributed by atoms with van der Waals surface area (Å²) in [6.07, 6.45) is 1.59. The number of carbonyl (C=O) groups is 1. The van der Waals surface area contributed by atoms with Gasteiger partial charge in [0.1, 0.15) is 0 Å². The van der Waals surface area contributed by atoms with Crippen LogP contribution in [0.25, 0.3) is 0 Å². The lowest BCUT2D eigenvalue weighted by Crippen LogP contribution is -2.44. The van der Waals surface area contributed by atoms with E-state index in [4.69, 9.17) is 23.2 Å². The molecule has 142 valence electrons. The molecule has 0 aliphatic carbocycles. The zero-order valence-corrected chi connectivity index (χ0v) is 16.0. The Hall–Kier alpha value is -2.15. The highest BCUT2D eigenvalue weighted by Crippen LogP contribution is 2.27. The van der Waals surface area contributed by atoms with Crippen molar-refractivity contribution in [2.45, 2.75) is 25.4 Å². The summed E-state index contributed by atoms with van der Waals surface area (Å²) < 4.78 is 0. The number of nitrogens with one attached hydrogen (secondary N) is 1. The van der Waals surface area contributed by atoms with E-state index in [-0.39, 0.29) is 17.6 Å². The van der Waals surface area contributed by atoms with Gasteiger partial charge in [-0.3, -0.25) is 19.8 Å². The molecule has 2 aromatic carbocycles. The van der Waals surface area contributed by atoms with Crippen LogP contribution in [0.15, 0.2) is 42.5 Å².